The highest BCUT2D eigenvalue weighted by atomic mass is 16.5. The van der Waals surface area contributed by atoms with Crippen LogP contribution in [-0.4, -0.2) is 19.2 Å². The Bertz CT molecular complexity index is 964. The second kappa shape index (κ2) is 5.85. The summed E-state index contributed by atoms with van der Waals surface area (Å²) >= 11 is 0. The van der Waals surface area contributed by atoms with Gasteiger partial charge in [-0.3, -0.25) is 0 Å². The van der Waals surface area contributed by atoms with Crippen LogP contribution in [0, 0.1) is 0 Å². The Morgan fingerprint density at radius 3 is 1.71 bits per heavy atom. The molecular weight excluding hydrogens is 298 g/mol. The molecule has 4 aromatic rings. The van der Waals surface area contributed by atoms with Crippen LogP contribution in [0.3, 0.4) is 0 Å². The Kier molecular flexibility index (Phi) is 3.54. The number of ether oxygens (including phenoxy) is 2. The van der Waals surface area contributed by atoms with Gasteiger partial charge >= 0.3 is 0 Å². The van der Waals surface area contributed by atoms with Crippen molar-refractivity contribution in [2.75, 3.05) is 14.2 Å². The fourth-order valence-corrected chi connectivity index (χ4v) is 3.07. The van der Waals surface area contributed by atoms with Gasteiger partial charge in [-0.25, -0.2) is 4.98 Å². The van der Waals surface area contributed by atoms with Crippen LogP contribution in [0.15, 0.2) is 66.7 Å². The number of rotatable bonds is 3. The van der Waals surface area contributed by atoms with Crippen molar-refractivity contribution in [1.29, 1.82) is 0 Å². The smallest absolute Gasteiger partial charge is 0.119 e. The second-order valence-corrected chi connectivity index (χ2v) is 5.62. The van der Waals surface area contributed by atoms with Crippen molar-refractivity contribution in [3.8, 4) is 22.6 Å². The molecule has 1 heterocycles. The number of hydrogen-bond donors (Lipinski definition) is 0. The molecule has 3 aromatic carbocycles. The summed E-state index contributed by atoms with van der Waals surface area (Å²) in [4.78, 5) is 4.80. The van der Waals surface area contributed by atoms with E-state index >= 15 is 0 Å². The summed E-state index contributed by atoms with van der Waals surface area (Å²) in [5, 5.41) is 2.14. The number of aromatic nitrogens is 1. The first-order chi connectivity index (χ1) is 11.8. The molecular formula is C21H17NO2. The Morgan fingerprint density at radius 1 is 0.667 bits per heavy atom. The van der Waals surface area contributed by atoms with E-state index in [4.69, 9.17) is 14.5 Å². The van der Waals surface area contributed by atoms with Crippen molar-refractivity contribution in [2.45, 2.75) is 0 Å². The van der Waals surface area contributed by atoms with Gasteiger partial charge in [0.15, 0.2) is 0 Å². The van der Waals surface area contributed by atoms with Crippen LogP contribution < -0.4 is 9.47 Å². The summed E-state index contributed by atoms with van der Waals surface area (Å²) in [5.74, 6) is 1.65. The molecule has 0 amide bonds. The minimum atomic E-state index is 0.823. The Morgan fingerprint density at radius 2 is 1.21 bits per heavy atom. The molecule has 0 bridgehead atoms. The van der Waals surface area contributed by atoms with Gasteiger partial charge in [-0.1, -0.05) is 30.3 Å². The SMILES string of the molecule is COc1ccc2nc3ccc(OC)cc3c(-c3ccccc3)c2c1. The lowest BCUT2D eigenvalue weighted by molar-refractivity contribution is 0.415. The molecule has 0 aliphatic heterocycles. The molecule has 0 saturated heterocycles. The molecule has 24 heavy (non-hydrogen) atoms. The number of benzene rings is 3. The number of nitrogens with zero attached hydrogens (tertiary/aromatic N) is 1. The van der Waals surface area contributed by atoms with E-state index in [1.807, 2.05) is 54.6 Å². The standard InChI is InChI=1S/C21H17NO2/c1-23-15-8-10-19-17(12-15)21(14-6-4-3-5-7-14)18-13-16(24-2)9-11-20(18)22-19/h3-13H,1-2H3. The van der Waals surface area contributed by atoms with Crippen molar-refractivity contribution in [2.24, 2.45) is 0 Å². The van der Waals surface area contributed by atoms with Gasteiger partial charge in [0.25, 0.3) is 0 Å². The minimum Gasteiger partial charge on any atom is -0.497 e. The Labute approximate surface area is 140 Å². The molecule has 0 radical (unpaired) electrons. The first-order valence-corrected chi connectivity index (χ1v) is 7.81. The van der Waals surface area contributed by atoms with Crippen LogP contribution in [0.2, 0.25) is 0 Å². The number of hydrogen-bond acceptors (Lipinski definition) is 3. The Hall–Kier alpha value is -3.07. The lowest BCUT2D eigenvalue weighted by Crippen LogP contribution is -1.92. The van der Waals surface area contributed by atoms with Crippen molar-refractivity contribution in [3.05, 3.63) is 66.7 Å². The molecule has 3 nitrogen and oxygen atoms in total. The van der Waals surface area contributed by atoms with E-state index in [0.29, 0.717) is 0 Å². The van der Waals surface area contributed by atoms with E-state index in [0.717, 1.165) is 44.4 Å². The minimum absolute atomic E-state index is 0.823. The van der Waals surface area contributed by atoms with Crippen LogP contribution in [0.5, 0.6) is 11.5 Å². The molecule has 0 N–H and O–H groups in total. The third-order valence-electron chi connectivity index (χ3n) is 4.25. The molecule has 0 fully saturated rings. The van der Waals surface area contributed by atoms with E-state index in [9.17, 15) is 0 Å². The second-order valence-electron chi connectivity index (χ2n) is 5.62. The topological polar surface area (TPSA) is 31.4 Å². The molecule has 0 spiro atoms. The van der Waals surface area contributed by atoms with Crippen LogP contribution in [-0.2, 0) is 0 Å². The fourth-order valence-electron chi connectivity index (χ4n) is 3.07. The third kappa shape index (κ3) is 2.35. The lowest BCUT2D eigenvalue weighted by Gasteiger charge is -2.13. The Balaban J connectivity index is 2.18. The monoisotopic (exact) mass is 315 g/mol. The molecule has 0 atom stereocenters. The van der Waals surface area contributed by atoms with Gasteiger partial charge in [0, 0.05) is 16.3 Å². The largest absolute Gasteiger partial charge is 0.497 e. The molecule has 3 heteroatoms. The van der Waals surface area contributed by atoms with Gasteiger partial charge in [0.2, 0.25) is 0 Å². The highest BCUT2D eigenvalue weighted by molar-refractivity contribution is 6.10. The maximum absolute atomic E-state index is 5.42. The maximum atomic E-state index is 5.42. The van der Waals surface area contributed by atoms with E-state index in [-0.39, 0.29) is 0 Å². The first kappa shape index (κ1) is 14.5. The van der Waals surface area contributed by atoms with Crippen LogP contribution >= 0.6 is 0 Å². The molecule has 4 rings (SSSR count). The third-order valence-corrected chi connectivity index (χ3v) is 4.25. The van der Waals surface area contributed by atoms with Gasteiger partial charge < -0.3 is 9.47 Å². The first-order valence-electron chi connectivity index (χ1n) is 7.81. The predicted octanol–water partition coefficient (Wildman–Crippen LogP) is 5.07. The summed E-state index contributed by atoms with van der Waals surface area (Å²) in [6.45, 7) is 0. The van der Waals surface area contributed by atoms with Gasteiger partial charge in [-0.2, -0.15) is 0 Å². The van der Waals surface area contributed by atoms with Crippen molar-refractivity contribution in [1.82, 2.24) is 4.98 Å². The zero-order chi connectivity index (χ0) is 16.5. The highest BCUT2D eigenvalue weighted by Gasteiger charge is 2.13. The summed E-state index contributed by atoms with van der Waals surface area (Å²) in [7, 11) is 3.36. The molecule has 0 saturated carbocycles. The zero-order valence-corrected chi connectivity index (χ0v) is 13.6. The van der Waals surface area contributed by atoms with Crippen LogP contribution in [0.25, 0.3) is 32.9 Å². The molecule has 118 valence electrons. The summed E-state index contributed by atoms with van der Waals surface area (Å²) in [5.41, 5.74) is 4.20. The van der Waals surface area contributed by atoms with Gasteiger partial charge in [-0.15, -0.1) is 0 Å². The van der Waals surface area contributed by atoms with Gasteiger partial charge in [-0.05, 0) is 42.0 Å². The average molecular weight is 315 g/mol. The quantitative estimate of drug-likeness (QED) is 0.494. The zero-order valence-electron chi connectivity index (χ0n) is 13.6. The molecule has 1 aromatic heterocycles. The van der Waals surface area contributed by atoms with E-state index < -0.39 is 0 Å². The van der Waals surface area contributed by atoms with Crippen LogP contribution in [0.1, 0.15) is 0 Å². The highest BCUT2D eigenvalue weighted by Crippen LogP contribution is 2.37. The van der Waals surface area contributed by atoms with Crippen LogP contribution in [0.4, 0.5) is 0 Å². The summed E-state index contributed by atoms with van der Waals surface area (Å²) in [6.07, 6.45) is 0. The maximum Gasteiger partial charge on any atom is 0.119 e. The lowest BCUT2D eigenvalue weighted by atomic mass is 9.96. The predicted molar refractivity (Wildman–Crippen MR) is 97.8 cm³/mol. The van der Waals surface area contributed by atoms with Gasteiger partial charge in [0.05, 0.1) is 25.3 Å². The number of methoxy groups -OCH3 is 2. The summed E-state index contributed by atoms with van der Waals surface area (Å²) in [6, 6.07) is 22.3. The van der Waals surface area contributed by atoms with E-state index in [1.165, 1.54) is 0 Å². The van der Waals surface area contributed by atoms with E-state index in [2.05, 4.69) is 12.1 Å². The van der Waals surface area contributed by atoms with Gasteiger partial charge in [0.1, 0.15) is 11.5 Å². The van der Waals surface area contributed by atoms with Crippen molar-refractivity contribution < 1.29 is 9.47 Å². The van der Waals surface area contributed by atoms with Crippen molar-refractivity contribution in [3.63, 3.8) is 0 Å². The van der Waals surface area contributed by atoms with E-state index in [1.54, 1.807) is 14.2 Å². The normalized spacial score (nSPS) is 10.9. The molecule has 0 aliphatic carbocycles. The van der Waals surface area contributed by atoms with Crippen molar-refractivity contribution >= 4 is 21.8 Å². The average Bonchev–Trinajstić information content (AvgIpc) is 2.65. The number of fused-ring (bicyclic) bond motifs is 2. The fraction of sp³-hybridized carbons (Fsp3) is 0.0952. The number of pyridine rings is 1. The summed E-state index contributed by atoms with van der Waals surface area (Å²) < 4.78 is 10.8. The molecule has 0 aliphatic rings. The molecule has 0 unspecified atom stereocenters.